The summed E-state index contributed by atoms with van der Waals surface area (Å²) >= 11 is 0. The van der Waals surface area contributed by atoms with Gasteiger partial charge >= 0.3 is 0 Å². The van der Waals surface area contributed by atoms with Crippen molar-refractivity contribution in [2.45, 2.75) is 0 Å². The van der Waals surface area contributed by atoms with Gasteiger partial charge < -0.3 is 9.32 Å². The lowest BCUT2D eigenvalue weighted by Gasteiger charge is -2.28. The molecular weight excluding hydrogens is 757 g/mol. The molecule has 0 aliphatic carbocycles. The summed E-state index contributed by atoms with van der Waals surface area (Å²) in [5.74, 6) is 1.77. The Morgan fingerprint density at radius 3 is 1.34 bits per heavy atom. The second kappa shape index (κ2) is 16.0. The smallest absolute Gasteiger partial charge is 0.164 e. The molecule has 0 atom stereocenters. The van der Waals surface area contributed by atoms with Gasteiger partial charge in [0.1, 0.15) is 5.58 Å². The van der Waals surface area contributed by atoms with E-state index in [1.54, 1.807) is 0 Å². The van der Waals surface area contributed by atoms with Gasteiger partial charge in [0, 0.05) is 38.8 Å². The van der Waals surface area contributed by atoms with E-state index in [4.69, 9.17) is 19.4 Å². The van der Waals surface area contributed by atoms with Gasteiger partial charge in [-0.3, -0.25) is 0 Å². The second-order valence-corrected chi connectivity index (χ2v) is 15.2. The van der Waals surface area contributed by atoms with Crippen molar-refractivity contribution in [2.75, 3.05) is 4.90 Å². The molecule has 62 heavy (non-hydrogen) atoms. The van der Waals surface area contributed by atoms with Crippen LogP contribution in [0.1, 0.15) is 0 Å². The van der Waals surface area contributed by atoms with Crippen molar-refractivity contribution in [3.05, 3.63) is 231 Å². The number of furan rings is 1. The van der Waals surface area contributed by atoms with Crippen LogP contribution < -0.4 is 4.90 Å². The summed E-state index contributed by atoms with van der Waals surface area (Å²) < 4.78 is 7.03. The molecule has 0 fully saturated rings. The van der Waals surface area contributed by atoms with E-state index in [9.17, 15) is 0 Å². The monoisotopic (exact) mass is 794 g/mol. The third kappa shape index (κ3) is 6.97. The van der Waals surface area contributed by atoms with Crippen molar-refractivity contribution in [3.8, 4) is 67.5 Å². The number of nitrogens with zero attached hydrogens (tertiary/aromatic N) is 4. The largest absolute Gasteiger partial charge is 0.454 e. The molecular formula is C57H38N4O. The van der Waals surface area contributed by atoms with Crippen LogP contribution in [0.5, 0.6) is 0 Å². The molecule has 0 aliphatic heterocycles. The van der Waals surface area contributed by atoms with Crippen molar-refractivity contribution in [1.29, 1.82) is 0 Å². The summed E-state index contributed by atoms with van der Waals surface area (Å²) in [7, 11) is 0. The Bertz CT molecular complexity index is 3220. The molecule has 2 heterocycles. The molecule has 2 aromatic heterocycles. The lowest BCUT2D eigenvalue weighted by atomic mass is 9.96. The Hall–Kier alpha value is -8.41. The average Bonchev–Trinajstić information content (AvgIpc) is 3.75. The second-order valence-electron chi connectivity index (χ2n) is 15.2. The van der Waals surface area contributed by atoms with E-state index in [1.165, 1.54) is 0 Å². The molecule has 0 bridgehead atoms. The molecule has 0 saturated carbocycles. The van der Waals surface area contributed by atoms with Crippen LogP contribution >= 0.6 is 0 Å². The SMILES string of the molecule is c1ccc(-c2cccc(N(c3cc(-c4ccccc4)cc(-c4ccccc4)c3)c3ccc(-c4nc(-c5ccccc5)nc(-c5ccccc5)n4)c4c3oc3ccccc34)c2)cc1. The summed E-state index contributed by atoms with van der Waals surface area (Å²) in [6.45, 7) is 0. The lowest BCUT2D eigenvalue weighted by molar-refractivity contribution is 0.669. The highest BCUT2D eigenvalue weighted by Gasteiger charge is 2.25. The molecule has 0 saturated heterocycles. The molecule has 9 aromatic carbocycles. The van der Waals surface area contributed by atoms with Crippen LogP contribution in [0.2, 0.25) is 0 Å². The minimum absolute atomic E-state index is 0.566. The standard InChI is InChI=1S/C57H38N4O/c1-6-19-39(20-7-1)44-29-18-30-47(36-44)61(48-37-45(40-21-8-2-9-22-40)35-46(38-48)41-23-10-3-11-24-41)51-34-33-50(53-49-31-16-17-32-52(49)62-54(51)53)57-59-55(42-25-12-4-13-26-42)58-56(60-57)43-27-14-5-15-28-43/h1-38H. The number of hydrogen-bond acceptors (Lipinski definition) is 5. The van der Waals surface area contributed by atoms with Gasteiger partial charge in [-0.1, -0.05) is 182 Å². The fraction of sp³-hybridized carbons (Fsp3) is 0. The van der Waals surface area contributed by atoms with Gasteiger partial charge in [0.25, 0.3) is 0 Å². The minimum atomic E-state index is 0.566. The Kier molecular flexibility index (Phi) is 9.45. The Labute approximate surface area is 359 Å². The molecule has 0 N–H and O–H groups in total. The number of rotatable bonds is 9. The van der Waals surface area contributed by atoms with Crippen molar-refractivity contribution in [3.63, 3.8) is 0 Å². The fourth-order valence-electron chi connectivity index (χ4n) is 8.32. The Morgan fingerprint density at radius 2 is 0.774 bits per heavy atom. The van der Waals surface area contributed by atoms with Crippen LogP contribution in [-0.2, 0) is 0 Å². The zero-order chi connectivity index (χ0) is 41.2. The van der Waals surface area contributed by atoms with E-state index in [1.807, 2.05) is 72.8 Å². The zero-order valence-electron chi connectivity index (χ0n) is 33.6. The maximum Gasteiger partial charge on any atom is 0.164 e. The van der Waals surface area contributed by atoms with E-state index >= 15 is 0 Å². The van der Waals surface area contributed by atoms with E-state index in [0.717, 1.165) is 89.1 Å². The molecule has 0 aliphatic rings. The third-order valence-corrected chi connectivity index (χ3v) is 11.3. The highest BCUT2D eigenvalue weighted by Crippen LogP contribution is 2.47. The van der Waals surface area contributed by atoms with Gasteiger partial charge in [0.2, 0.25) is 0 Å². The van der Waals surface area contributed by atoms with Crippen molar-refractivity contribution in [2.24, 2.45) is 0 Å². The van der Waals surface area contributed by atoms with Gasteiger partial charge in [-0.05, 0) is 81.9 Å². The van der Waals surface area contributed by atoms with E-state index in [2.05, 4.69) is 163 Å². The van der Waals surface area contributed by atoms with Gasteiger partial charge in [-0.2, -0.15) is 0 Å². The predicted octanol–water partition coefficient (Wildman–Crippen LogP) is 15.2. The molecule has 0 amide bonds. The van der Waals surface area contributed by atoms with Crippen LogP contribution in [0.25, 0.3) is 89.5 Å². The Balaban J connectivity index is 1.19. The van der Waals surface area contributed by atoms with Crippen molar-refractivity contribution < 1.29 is 4.42 Å². The summed E-state index contributed by atoms with van der Waals surface area (Å²) in [6.07, 6.45) is 0. The van der Waals surface area contributed by atoms with Crippen LogP contribution in [0.15, 0.2) is 235 Å². The lowest BCUT2D eigenvalue weighted by Crippen LogP contribution is -2.11. The molecule has 0 radical (unpaired) electrons. The van der Waals surface area contributed by atoms with Gasteiger partial charge in [-0.25, -0.2) is 15.0 Å². The van der Waals surface area contributed by atoms with Crippen LogP contribution in [-0.4, -0.2) is 15.0 Å². The topological polar surface area (TPSA) is 55.1 Å². The number of para-hydroxylation sites is 1. The molecule has 0 unspecified atom stereocenters. The first-order chi connectivity index (χ1) is 30.7. The summed E-state index contributed by atoms with van der Waals surface area (Å²) in [6, 6.07) is 80.0. The summed E-state index contributed by atoms with van der Waals surface area (Å²) in [5.41, 5.74) is 13.8. The number of fused-ring (bicyclic) bond motifs is 3. The van der Waals surface area contributed by atoms with Gasteiger partial charge in [0.15, 0.2) is 23.1 Å². The Morgan fingerprint density at radius 1 is 0.323 bits per heavy atom. The maximum absolute atomic E-state index is 7.03. The first-order valence-electron chi connectivity index (χ1n) is 20.8. The maximum atomic E-state index is 7.03. The fourth-order valence-corrected chi connectivity index (χ4v) is 8.32. The van der Waals surface area contributed by atoms with Crippen LogP contribution in [0.4, 0.5) is 17.1 Å². The molecule has 292 valence electrons. The molecule has 5 heteroatoms. The zero-order valence-corrected chi connectivity index (χ0v) is 33.6. The highest BCUT2D eigenvalue weighted by atomic mass is 16.3. The number of hydrogen-bond donors (Lipinski definition) is 0. The van der Waals surface area contributed by atoms with E-state index in [-0.39, 0.29) is 0 Å². The van der Waals surface area contributed by atoms with Crippen molar-refractivity contribution in [1.82, 2.24) is 15.0 Å². The quantitative estimate of drug-likeness (QED) is 0.146. The molecule has 11 aromatic rings. The first-order valence-corrected chi connectivity index (χ1v) is 20.8. The number of anilines is 3. The molecule has 11 rings (SSSR count). The summed E-state index contributed by atoms with van der Waals surface area (Å²) in [4.78, 5) is 17.7. The minimum Gasteiger partial charge on any atom is -0.454 e. The van der Waals surface area contributed by atoms with Crippen LogP contribution in [0, 0.1) is 0 Å². The molecule has 0 spiro atoms. The number of aromatic nitrogens is 3. The highest BCUT2D eigenvalue weighted by molar-refractivity contribution is 6.16. The van der Waals surface area contributed by atoms with Gasteiger partial charge in [-0.15, -0.1) is 0 Å². The average molecular weight is 795 g/mol. The first kappa shape index (κ1) is 36.7. The molecule has 5 nitrogen and oxygen atoms in total. The van der Waals surface area contributed by atoms with Crippen LogP contribution in [0.3, 0.4) is 0 Å². The normalized spacial score (nSPS) is 11.2. The van der Waals surface area contributed by atoms with E-state index < -0.39 is 0 Å². The van der Waals surface area contributed by atoms with E-state index in [0.29, 0.717) is 17.5 Å². The summed E-state index contributed by atoms with van der Waals surface area (Å²) in [5, 5.41) is 1.90. The number of benzene rings is 9. The third-order valence-electron chi connectivity index (χ3n) is 11.3. The van der Waals surface area contributed by atoms with Crippen molar-refractivity contribution >= 4 is 39.0 Å². The predicted molar refractivity (Wildman–Crippen MR) is 254 cm³/mol. The van der Waals surface area contributed by atoms with Gasteiger partial charge in [0.05, 0.1) is 5.69 Å².